The van der Waals surface area contributed by atoms with Gasteiger partial charge in [-0.3, -0.25) is 10.1 Å². The first kappa shape index (κ1) is 13.0. The highest BCUT2D eigenvalue weighted by atomic mass is 79.9. The molecule has 0 spiro atoms. The molecule has 1 rings (SSSR count). The lowest BCUT2D eigenvalue weighted by molar-refractivity contribution is -0.385. The van der Waals surface area contributed by atoms with Crippen molar-refractivity contribution < 1.29 is 13.7 Å². The number of nitro groups is 1. The van der Waals surface area contributed by atoms with Gasteiger partial charge in [0.1, 0.15) is 0 Å². The van der Waals surface area contributed by atoms with Gasteiger partial charge in [-0.15, -0.1) is 0 Å². The highest BCUT2D eigenvalue weighted by Crippen LogP contribution is 2.29. The van der Waals surface area contributed by atoms with Gasteiger partial charge in [0.15, 0.2) is 0 Å². The molecule has 7 heteroatoms. The molecule has 0 unspecified atom stereocenters. The lowest BCUT2D eigenvalue weighted by Gasteiger charge is -2.11. The molecule has 4 nitrogen and oxygen atoms in total. The maximum Gasteiger partial charge on any atom is 0.283 e. The monoisotopic (exact) mass is 294 g/mol. The van der Waals surface area contributed by atoms with Gasteiger partial charge >= 0.3 is 0 Å². The molecule has 2 N–H and O–H groups in total. The van der Waals surface area contributed by atoms with Gasteiger partial charge in [-0.1, -0.05) is 6.07 Å². The molecule has 0 aliphatic carbocycles. The Labute approximate surface area is 98.7 Å². The number of rotatable bonds is 4. The molecule has 0 bridgehead atoms. The molecule has 0 heterocycles. The minimum atomic E-state index is -2.53. The van der Waals surface area contributed by atoms with Crippen LogP contribution in [-0.4, -0.2) is 11.3 Å². The first-order chi connectivity index (χ1) is 7.41. The zero-order valence-electron chi connectivity index (χ0n) is 8.07. The van der Waals surface area contributed by atoms with Crippen LogP contribution in [0.15, 0.2) is 22.7 Å². The quantitative estimate of drug-likeness (QED) is 0.685. The number of hydrogen-bond donors (Lipinski definition) is 1. The van der Waals surface area contributed by atoms with Crippen LogP contribution in [0.25, 0.3) is 0 Å². The van der Waals surface area contributed by atoms with E-state index in [1.54, 1.807) is 0 Å². The van der Waals surface area contributed by atoms with E-state index in [4.69, 9.17) is 5.73 Å². The summed E-state index contributed by atoms with van der Waals surface area (Å²) in [5.74, 6) is 0. The summed E-state index contributed by atoms with van der Waals surface area (Å²) in [6.45, 7) is 0. The zero-order chi connectivity index (χ0) is 12.3. The second-order valence-corrected chi connectivity index (χ2v) is 4.06. The van der Waals surface area contributed by atoms with Crippen LogP contribution in [0.5, 0.6) is 0 Å². The number of hydrogen-bond acceptors (Lipinski definition) is 3. The number of nitrogens with zero attached hydrogens (tertiary/aromatic N) is 1. The van der Waals surface area contributed by atoms with Crippen LogP contribution in [0.4, 0.5) is 14.5 Å². The van der Waals surface area contributed by atoms with Crippen LogP contribution in [0, 0.1) is 10.1 Å². The van der Waals surface area contributed by atoms with Gasteiger partial charge in [0.25, 0.3) is 5.69 Å². The van der Waals surface area contributed by atoms with E-state index in [9.17, 15) is 18.9 Å². The highest BCUT2D eigenvalue weighted by Gasteiger charge is 2.18. The standard InChI is InChI=1S/C9H9BrF2N2O2/c10-6-2-1-5(3-8(6)14(15)16)7(13)4-9(11)12/h1-3,7,9H,4,13H2/t7-/m0/s1. The third kappa shape index (κ3) is 3.21. The summed E-state index contributed by atoms with van der Waals surface area (Å²) in [4.78, 5) is 10.0. The van der Waals surface area contributed by atoms with Gasteiger partial charge in [0.2, 0.25) is 6.43 Å². The number of alkyl halides is 2. The van der Waals surface area contributed by atoms with Gasteiger partial charge in [-0.2, -0.15) is 0 Å². The fourth-order valence-corrected chi connectivity index (χ4v) is 1.62. The normalized spacial score (nSPS) is 12.8. The fraction of sp³-hybridized carbons (Fsp3) is 0.333. The zero-order valence-corrected chi connectivity index (χ0v) is 9.65. The Morgan fingerprint density at radius 1 is 1.50 bits per heavy atom. The molecule has 0 amide bonds. The Kier molecular flexibility index (Phi) is 4.31. The molecular weight excluding hydrogens is 286 g/mol. The number of halogens is 3. The third-order valence-electron chi connectivity index (χ3n) is 2.03. The van der Waals surface area contributed by atoms with Crippen molar-refractivity contribution in [1.82, 2.24) is 0 Å². The van der Waals surface area contributed by atoms with Crippen LogP contribution in [0.1, 0.15) is 18.0 Å². The summed E-state index contributed by atoms with van der Waals surface area (Å²) < 4.78 is 24.5. The molecule has 0 radical (unpaired) electrons. The van der Waals surface area contributed by atoms with E-state index < -0.39 is 23.8 Å². The number of benzene rings is 1. The van der Waals surface area contributed by atoms with Crippen molar-refractivity contribution in [2.24, 2.45) is 5.73 Å². The van der Waals surface area contributed by atoms with Gasteiger partial charge in [-0.05, 0) is 27.6 Å². The topological polar surface area (TPSA) is 69.2 Å². The molecule has 0 saturated heterocycles. The molecule has 0 aliphatic heterocycles. The Balaban J connectivity index is 2.98. The lowest BCUT2D eigenvalue weighted by Crippen LogP contribution is -2.14. The maximum atomic E-state index is 12.1. The van der Waals surface area contributed by atoms with Crippen LogP contribution >= 0.6 is 15.9 Å². The van der Waals surface area contributed by atoms with Gasteiger partial charge < -0.3 is 5.73 Å². The van der Waals surface area contributed by atoms with Crippen molar-refractivity contribution in [2.75, 3.05) is 0 Å². The molecule has 1 aromatic carbocycles. The minimum Gasteiger partial charge on any atom is -0.324 e. The average molecular weight is 295 g/mol. The van der Waals surface area contributed by atoms with Crippen LogP contribution < -0.4 is 5.73 Å². The average Bonchev–Trinajstić information content (AvgIpc) is 2.16. The lowest BCUT2D eigenvalue weighted by atomic mass is 10.0. The Bertz CT molecular complexity index is 401. The second-order valence-electron chi connectivity index (χ2n) is 3.20. The summed E-state index contributed by atoms with van der Waals surface area (Å²) in [6, 6.07) is 3.23. The summed E-state index contributed by atoms with van der Waals surface area (Å²) in [6.07, 6.45) is -3.04. The Morgan fingerprint density at radius 3 is 2.62 bits per heavy atom. The van der Waals surface area contributed by atoms with Crippen molar-refractivity contribution in [1.29, 1.82) is 0 Å². The smallest absolute Gasteiger partial charge is 0.283 e. The van der Waals surface area contributed by atoms with Crippen molar-refractivity contribution in [2.45, 2.75) is 18.9 Å². The largest absolute Gasteiger partial charge is 0.324 e. The minimum absolute atomic E-state index is 0.179. The van der Waals surface area contributed by atoms with Crippen molar-refractivity contribution >= 4 is 21.6 Å². The molecule has 16 heavy (non-hydrogen) atoms. The van der Waals surface area contributed by atoms with E-state index in [1.807, 2.05) is 0 Å². The summed E-state index contributed by atoms with van der Waals surface area (Å²) in [5, 5.41) is 10.6. The molecule has 0 fully saturated rings. The van der Waals surface area contributed by atoms with Gasteiger partial charge in [0.05, 0.1) is 9.40 Å². The van der Waals surface area contributed by atoms with E-state index >= 15 is 0 Å². The molecule has 0 aromatic heterocycles. The van der Waals surface area contributed by atoms with E-state index in [1.165, 1.54) is 18.2 Å². The van der Waals surface area contributed by atoms with Crippen molar-refractivity contribution in [3.63, 3.8) is 0 Å². The third-order valence-corrected chi connectivity index (χ3v) is 2.70. The maximum absolute atomic E-state index is 12.1. The first-order valence-corrected chi connectivity index (χ1v) is 5.18. The van der Waals surface area contributed by atoms with E-state index in [-0.39, 0.29) is 5.69 Å². The molecule has 1 atom stereocenters. The predicted molar refractivity (Wildman–Crippen MR) is 58.3 cm³/mol. The Hall–Kier alpha value is -1.08. The van der Waals surface area contributed by atoms with Crippen molar-refractivity contribution in [3.8, 4) is 0 Å². The molecule has 0 aliphatic rings. The summed E-state index contributed by atoms with van der Waals surface area (Å²) >= 11 is 3.00. The fourth-order valence-electron chi connectivity index (χ4n) is 1.23. The summed E-state index contributed by atoms with van der Waals surface area (Å²) in [7, 11) is 0. The van der Waals surface area contributed by atoms with E-state index in [2.05, 4.69) is 15.9 Å². The first-order valence-electron chi connectivity index (χ1n) is 4.39. The molecule has 88 valence electrons. The summed E-state index contributed by atoms with van der Waals surface area (Å²) in [5.41, 5.74) is 5.65. The van der Waals surface area contributed by atoms with Crippen LogP contribution in [-0.2, 0) is 0 Å². The highest BCUT2D eigenvalue weighted by molar-refractivity contribution is 9.10. The molecular formula is C9H9BrF2N2O2. The SMILES string of the molecule is N[C@@H](CC(F)F)c1ccc(Br)c([N+](=O)[O-])c1. The van der Waals surface area contributed by atoms with E-state index in [0.29, 0.717) is 10.0 Å². The van der Waals surface area contributed by atoms with Crippen LogP contribution in [0.2, 0.25) is 0 Å². The molecule has 0 saturated carbocycles. The predicted octanol–water partition coefficient (Wildman–Crippen LogP) is 3.01. The number of nitrogens with two attached hydrogens (primary N) is 1. The van der Waals surface area contributed by atoms with Crippen molar-refractivity contribution in [3.05, 3.63) is 38.3 Å². The van der Waals surface area contributed by atoms with Gasteiger partial charge in [-0.25, -0.2) is 8.78 Å². The van der Waals surface area contributed by atoms with Crippen LogP contribution in [0.3, 0.4) is 0 Å². The molecule has 1 aromatic rings. The second kappa shape index (κ2) is 5.31. The Morgan fingerprint density at radius 2 is 2.12 bits per heavy atom. The van der Waals surface area contributed by atoms with Gasteiger partial charge in [0, 0.05) is 18.5 Å². The van der Waals surface area contributed by atoms with E-state index in [0.717, 1.165) is 0 Å². The number of nitro benzene ring substituents is 1.